The van der Waals surface area contributed by atoms with Gasteiger partial charge in [-0.2, -0.15) is 0 Å². The molecule has 1 atom stereocenters. The van der Waals surface area contributed by atoms with Gasteiger partial charge in [-0.15, -0.1) is 0 Å². The zero-order valence-corrected chi connectivity index (χ0v) is 13.0. The van der Waals surface area contributed by atoms with Gasteiger partial charge < -0.3 is 19.9 Å². The number of hydrogen-bond donors (Lipinski definition) is 2. The van der Waals surface area contributed by atoms with Crippen LogP contribution in [0.25, 0.3) is 0 Å². The fourth-order valence-corrected chi connectivity index (χ4v) is 1.93. The number of halogens is 1. The predicted molar refractivity (Wildman–Crippen MR) is 87.8 cm³/mol. The van der Waals surface area contributed by atoms with Crippen molar-refractivity contribution in [3.8, 4) is 11.5 Å². The monoisotopic (exact) mass is 321 g/mol. The maximum Gasteiger partial charge on any atom is 0.119 e. The molecule has 4 nitrogen and oxygen atoms in total. The number of benzene rings is 2. The third kappa shape index (κ3) is 6.35. The first-order valence-corrected chi connectivity index (χ1v) is 7.57. The Balaban J connectivity index is 1.53. The molecule has 2 aromatic rings. The highest BCUT2D eigenvalue weighted by Crippen LogP contribution is 2.15. The molecule has 0 amide bonds. The summed E-state index contributed by atoms with van der Waals surface area (Å²) >= 11 is 5.80. The predicted octanol–water partition coefficient (Wildman–Crippen LogP) is 2.75. The zero-order valence-electron chi connectivity index (χ0n) is 12.2. The molecule has 0 unspecified atom stereocenters. The SMILES string of the molecule is O[C@H](CNCCOc1ccc(Cl)cc1)COc1ccccc1. The summed E-state index contributed by atoms with van der Waals surface area (Å²) in [6.07, 6.45) is -0.560. The highest BCUT2D eigenvalue weighted by molar-refractivity contribution is 6.30. The first-order chi connectivity index (χ1) is 10.7. The summed E-state index contributed by atoms with van der Waals surface area (Å²) < 4.78 is 11.0. The first-order valence-electron chi connectivity index (χ1n) is 7.19. The van der Waals surface area contributed by atoms with Crippen LogP contribution in [0.5, 0.6) is 11.5 Å². The van der Waals surface area contributed by atoms with Crippen molar-refractivity contribution in [1.29, 1.82) is 0 Å². The van der Waals surface area contributed by atoms with Gasteiger partial charge >= 0.3 is 0 Å². The topological polar surface area (TPSA) is 50.7 Å². The van der Waals surface area contributed by atoms with Crippen LogP contribution in [0.15, 0.2) is 54.6 Å². The van der Waals surface area contributed by atoms with E-state index >= 15 is 0 Å². The highest BCUT2D eigenvalue weighted by Gasteiger charge is 2.04. The molecule has 0 aliphatic heterocycles. The summed E-state index contributed by atoms with van der Waals surface area (Å²) in [6.45, 7) is 1.88. The molecular weight excluding hydrogens is 302 g/mol. The number of nitrogens with one attached hydrogen (secondary N) is 1. The van der Waals surface area contributed by atoms with Gasteiger partial charge in [0, 0.05) is 18.1 Å². The Morgan fingerprint density at radius 3 is 2.36 bits per heavy atom. The standard InChI is InChI=1S/C17H20ClNO3/c18-14-6-8-17(9-7-14)21-11-10-19-12-15(20)13-22-16-4-2-1-3-5-16/h1-9,15,19-20H,10-13H2/t15-/m1/s1. The molecule has 0 spiro atoms. The lowest BCUT2D eigenvalue weighted by atomic mass is 10.3. The Bertz CT molecular complexity index is 533. The maximum absolute atomic E-state index is 9.81. The Hall–Kier alpha value is -1.75. The van der Waals surface area contributed by atoms with Crippen molar-refractivity contribution >= 4 is 11.6 Å². The van der Waals surface area contributed by atoms with Crippen molar-refractivity contribution in [2.24, 2.45) is 0 Å². The molecule has 118 valence electrons. The highest BCUT2D eigenvalue weighted by atomic mass is 35.5. The average molecular weight is 322 g/mol. The van der Waals surface area contributed by atoms with Crippen LogP contribution in [0.3, 0.4) is 0 Å². The number of aliphatic hydroxyl groups is 1. The van der Waals surface area contributed by atoms with Crippen molar-refractivity contribution in [3.05, 3.63) is 59.6 Å². The molecule has 0 saturated carbocycles. The quantitative estimate of drug-likeness (QED) is 0.697. The molecule has 0 aromatic heterocycles. The lowest BCUT2D eigenvalue weighted by molar-refractivity contribution is 0.105. The number of ether oxygens (including phenoxy) is 2. The molecule has 5 heteroatoms. The van der Waals surface area contributed by atoms with Crippen LogP contribution >= 0.6 is 11.6 Å². The van der Waals surface area contributed by atoms with Gasteiger partial charge in [-0.05, 0) is 36.4 Å². The molecule has 0 aliphatic carbocycles. The second-order valence-corrected chi connectivity index (χ2v) is 5.22. The van der Waals surface area contributed by atoms with Crippen LogP contribution < -0.4 is 14.8 Å². The van der Waals surface area contributed by atoms with Crippen molar-refractivity contribution in [2.75, 3.05) is 26.3 Å². The second-order valence-electron chi connectivity index (χ2n) is 4.78. The molecule has 22 heavy (non-hydrogen) atoms. The van der Waals surface area contributed by atoms with E-state index in [4.69, 9.17) is 21.1 Å². The summed E-state index contributed by atoms with van der Waals surface area (Å²) in [5, 5.41) is 13.6. The Morgan fingerprint density at radius 1 is 0.955 bits per heavy atom. The van der Waals surface area contributed by atoms with Crippen LogP contribution in [0, 0.1) is 0 Å². The molecule has 0 radical (unpaired) electrons. The van der Waals surface area contributed by atoms with E-state index in [2.05, 4.69) is 5.32 Å². The normalized spacial score (nSPS) is 11.9. The smallest absolute Gasteiger partial charge is 0.119 e. The number of aliphatic hydroxyl groups excluding tert-OH is 1. The van der Waals surface area contributed by atoms with Gasteiger partial charge in [0.25, 0.3) is 0 Å². The molecular formula is C17H20ClNO3. The van der Waals surface area contributed by atoms with Crippen LogP contribution in [0.2, 0.25) is 5.02 Å². The summed E-state index contributed by atoms with van der Waals surface area (Å²) in [7, 11) is 0. The third-order valence-corrected chi connectivity index (χ3v) is 3.18. The molecule has 0 aliphatic rings. The van der Waals surface area contributed by atoms with Gasteiger partial charge in [0.2, 0.25) is 0 Å². The molecule has 0 fully saturated rings. The van der Waals surface area contributed by atoms with Crippen LogP contribution in [0.4, 0.5) is 0 Å². The number of rotatable bonds is 9. The van der Waals surface area contributed by atoms with Gasteiger partial charge in [-0.25, -0.2) is 0 Å². The summed E-state index contributed by atoms with van der Waals surface area (Å²) in [5.74, 6) is 1.53. The Labute approximate surface area is 135 Å². The van der Waals surface area contributed by atoms with E-state index in [1.165, 1.54) is 0 Å². The van der Waals surface area contributed by atoms with E-state index in [-0.39, 0.29) is 6.61 Å². The van der Waals surface area contributed by atoms with Crippen LogP contribution in [-0.4, -0.2) is 37.5 Å². The van der Waals surface area contributed by atoms with Crippen molar-refractivity contribution < 1.29 is 14.6 Å². The van der Waals surface area contributed by atoms with Crippen LogP contribution in [-0.2, 0) is 0 Å². The van der Waals surface area contributed by atoms with Crippen molar-refractivity contribution in [2.45, 2.75) is 6.10 Å². The van der Waals surface area contributed by atoms with Gasteiger partial charge in [0.15, 0.2) is 0 Å². The lowest BCUT2D eigenvalue weighted by Gasteiger charge is -2.13. The molecule has 0 bridgehead atoms. The van der Waals surface area contributed by atoms with E-state index in [0.29, 0.717) is 24.7 Å². The van der Waals surface area contributed by atoms with E-state index in [9.17, 15) is 5.11 Å². The van der Waals surface area contributed by atoms with E-state index in [1.54, 1.807) is 12.1 Å². The Morgan fingerprint density at radius 2 is 1.64 bits per heavy atom. The van der Waals surface area contributed by atoms with Crippen molar-refractivity contribution in [1.82, 2.24) is 5.32 Å². The van der Waals surface area contributed by atoms with E-state index in [0.717, 1.165) is 11.5 Å². The van der Waals surface area contributed by atoms with Crippen molar-refractivity contribution in [3.63, 3.8) is 0 Å². The van der Waals surface area contributed by atoms with E-state index in [1.807, 2.05) is 42.5 Å². The Kier molecular flexibility index (Phi) is 7.03. The fourth-order valence-electron chi connectivity index (χ4n) is 1.81. The second kappa shape index (κ2) is 9.30. The summed E-state index contributed by atoms with van der Waals surface area (Å²) in [5.41, 5.74) is 0. The molecule has 2 rings (SSSR count). The summed E-state index contributed by atoms with van der Waals surface area (Å²) in [4.78, 5) is 0. The minimum Gasteiger partial charge on any atom is -0.492 e. The van der Waals surface area contributed by atoms with Gasteiger partial charge in [-0.1, -0.05) is 29.8 Å². The fraction of sp³-hybridized carbons (Fsp3) is 0.294. The molecule has 0 saturated heterocycles. The average Bonchev–Trinajstić information content (AvgIpc) is 2.55. The zero-order chi connectivity index (χ0) is 15.6. The van der Waals surface area contributed by atoms with Gasteiger partial charge in [0.05, 0.1) is 0 Å². The molecule has 2 N–H and O–H groups in total. The number of para-hydroxylation sites is 1. The van der Waals surface area contributed by atoms with E-state index < -0.39 is 6.10 Å². The maximum atomic E-state index is 9.81. The minimum absolute atomic E-state index is 0.259. The van der Waals surface area contributed by atoms with Gasteiger partial charge in [0.1, 0.15) is 30.8 Å². The minimum atomic E-state index is -0.560. The largest absolute Gasteiger partial charge is 0.492 e. The molecule has 0 heterocycles. The summed E-state index contributed by atoms with van der Waals surface area (Å²) in [6, 6.07) is 16.7. The molecule has 2 aromatic carbocycles. The number of hydrogen-bond acceptors (Lipinski definition) is 4. The first kappa shape index (κ1) is 16.6. The van der Waals surface area contributed by atoms with Crippen LogP contribution in [0.1, 0.15) is 0 Å². The lowest BCUT2D eigenvalue weighted by Crippen LogP contribution is -2.33. The van der Waals surface area contributed by atoms with Gasteiger partial charge in [-0.3, -0.25) is 0 Å². The third-order valence-electron chi connectivity index (χ3n) is 2.93.